The molecule has 15 heteroatoms. The zero-order valence-corrected chi connectivity index (χ0v) is 28.1. The molecule has 0 fully saturated rings. The number of hydrogen-bond acceptors (Lipinski definition) is 8. The van der Waals surface area contributed by atoms with Gasteiger partial charge in [-0.05, 0) is 52.3 Å². The predicted molar refractivity (Wildman–Crippen MR) is 188 cm³/mol. The summed E-state index contributed by atoms with van der Waals surface area (Å²) in [7, 11) is 1.50. The van der Waals surface area contributed by atoms with Crippen molar-refractivity contribution in [3.05, 3.63) is 71.9 Å². The summed E-state index contributed by atoms with van der Waals surface area (Å²) in [5.74, 6) is -2.90. The minimum absolute atomic E-state index is 0.0744. The van der Waals surface area contributed by atoms with Gasteiger partial charge in [0.25, 0.3) is 5.91 Å². The van der Waals surface area contributed by atoms with Crippen molar-refractivity contribution in [1.82, 2.24) is 15.2 Å². The molecule has 3 aromatic rings. The third-order valence-electron chi connectivity index (χ3n) is 6.73. The monoisotopic (exact) mass is 678 g/mol. The summed E-state index contributed by atoms with van der Waals surface area (Å²) in [6.45, 7) is 4.68. The number of carbonyl (C=O) groups is 6. The Hall–Kier alpha value is -5.83. The van der Waals surface area contributed by atoms with Crippen molar-refractivity contribution in [3.63, 3.8) is 0 Å². The minimum Gasteiger partial charge on any atom is -0.481 e. The quantitative estimate of drug-likeness (QED) is 0.0532. The molecule has 3 amide bonds. The maximum absolute atomic E-state index is 13.8. The van der Waals surface area contributed by atoms with E-state index in [1.807, 2.05) is 65.2 Å². The van der Waals surface area contributed by atoms with Crippen LogP contribution < -0.4 is 33.2 Å². The van der Waals surface area contributed by atoms with E-state index >= 15 is 0 Å². The molecule has 2 aromatic carbocycles. The first-order valence-corrected chi connectivity index (χ1v) is 15.4. The van der Waals surface area contributed by atoms with Gasteiger partial charge in [0.1, 0.15) is 18.6 Å². The molecule has 10 N–H and O–H groups in total. The van der Waals surface area contributed by atoms with E-state index in [2.05, 4.69) is 26.7 Å². The van der Waals surface area contributed by atoms with Gasteiger partial charge in [-0.25, -0.2) is 0 Å². The lowest BCUT2D eigenvalue weighted by molar-refractivity contribution is -0.137. The lowest BCUT2D eigenvalue weighted by Crippen LogP contribution is -2.43. The molecular weight excluding hydrogens is 632 g/mol. The Morgan fingerprint density at radius 3 is 2.02 bits per heavy atom. The number of nitrogens with two attached hydrogens (primary N) is 3. The van der Waals surface area contributed by atoms with Crippen molar-refractivity contribution in [2.24, 2.45) is 22.2 Å². The molecule has 1 aromatic heterocycles. The molecule has 1 heterocycles. The topological polar surface area (TPSA) is 254 Å². The number of guanidine groups is 1. The van der Waals surface area contributed by atoms with Gasteiger partial charge in [-0.15, -0.1) is 0 Å². The molecule has 0 saturated carbocycles. The molecule has 2 unspecified atom stereocenters. The lowest BCUT2D eigenvalue weighted by atomic mass is 10.1. The van der Waals surface area contributed by atoms with Crippen LogP contribution >= 0.6 is 0 Å². The van der Waals surface area contributed by atoms with Crippen LogP contribution in [0.4, 0.5) is 5.69 Å². The van der Waals surface area contributed by atoms with Gasteiger partial charge in [0.2, 0.25) is 11.8 Å². The van der Waals surface area contributed by atoms with Gasteiger partial charge in [-0.3, -0.25) is 24.2 Å². The highest BCUT2D eigenvalue weighted by molar-refractivity contribution is 6.11. The Morgan fingerprint density at radius 2 is 1.51 bits per heavy atom. The highest BCUT2D eigenvalue weighted by Gasteiger charge is 2.31. The first-order valence-electron chi connectivity index (χ1n) is 15.4. The number of amides is 3. The van der Waals surface area contributed by atoms with E-state index in [1.54, 1.807) is 6.92 Å². The summed E-state index contributed by atoms with van der Waals surface area (Å²) in [6, 6.07) is 16.3. The number of carboxylic acids is 1. The van der Waals surface area contributed by atoms with Crippen LogP contribution in [0.1, 0.15) is 55.6 Å². The van der Waals surface area contributed by atoms with E-state index in [4.69, 9.17) is 21.4 Å². The molecule has 15 nitrogen and oxygen atoms in total. The zero-order chi connectivity index (χ0) is 36.9. The van der Waals surface area contributed by atoms with Gasteiger partial charge in [-0.1, -0.05) is 48.5 Å². The number of benzene rings is 2. The van der Waals surface area contributed by atoms with Crippen molar-refractivity contribution in [1.29, 1.82) is 0 Å². The predicted octanol–water partition coefficient (Wildman–Crippen LogP) is 1.89. The average Bonchev–Trinajstić information content (AvgIpc) is 3.37. The van der Waals surface area contributed by atoms with E-state index in [9.17, 15) is 24.0 Å². The number of aliphatic imine (C=N–C) groups is 1. The van der Waals surface area contributed by atoms with Crippen LogP contribution in [0.3, 0.4) is 0 Å². The third-order valence-corrected chi connectivity index (χ3v) is 6.73. The summed E-state index contributed by atoms with van der Waals surface area (Å²) >= 11 is 0. The molecule has 49 heavy (non-hydrogen) atoms. The number of carboxylic acid groups (broad SMARTS) is 1. The fourth-order valence-electron chi connectivity index (χ4n) is 4.78. The largest absolute Gasteiger partial charge is 0.481 e. The second-order valence-electron chi connectivity index (χ2n) is 10.3. The highest BCUT2D eigenvalue weighted by atomic mass is 16.4. The van der Waals surface area contributed by atoms with Crippen LogP contribution in [-0.2, 0) is 24.0 Å². The first kappa shape index (κ1) is 41.2. The van der Waals surface area contributed by atoms with Crippen molar-refractivity contribution >= 4 is 47.9 Å². The molecule has 0 aliphatic carbocycles. The molecule has 264 valence electrons. The van der Waals surface area contributed by atoms with Gasteiger partial charge < -0.3 is 52.4 Å². The maximum Gasteiger partial charge on any atom is 0.303 e. The Balaban J connectivity index is 0.00000227. The van der Waals surface area contributed by atoms with E-state index in [0.29, 0.717) is 35.3 Å². The van der Waals surface area contributed by atoms with E-state index in [-0.39, 0.29) is 43.0 Å². The van der Waals surface area contributed by atoms with E-state index in [0.717, 1.165) is 6.29 Å². The first-order chi connectivity index (χ1) is 23.4. The SMILES string of the molecule is CC(=O)NC(CCCN=C(N)N)C(=O)Nc1c(C(=O)NC(C=O)CCC(=O)O)c(C)n(-c2ccccc2)c1-c1ccccc1.CC=O.CN. The fourth-order valence-corrected chi connectivity index (χ4v) is 4.78. The van der Waals surface area contributed by atoms with Crippen LogP contribution in [0.25, 0.3) is 16.9 Å². The summed E-state index contributed by atoms with van der Waals surface area (Å²) in [4.78, 5) is 75.2. The van der Waals surface area contributed by atoms with Crippen molar-refractivity contribution < 1.29 is 33.9 Å². The van der Waals surface area contributed by atoms with Gasteiger partial charge in [0.05, 0.1) is 23.0 Å². The molecule has 0 aliphatic rings. The zero-order valence-electron chi connectivity index (χ0n) is 28.1. The molecule has 0 spiro atoms. The van der Waals surface area contributed by atoms with Crippen molar-refractivity contribution in [3.8, 4) is 16.9 Å². The van der Waals surface area contributed by atoms with Crippen LogP contribution in [0.15, 0.2) is 65.7 Å². The number of aldehydes is 2. The summed E-state index contributed by atoms with van der Waals surface area (Å²) in [6.07, 6.45) is 1.36. The average molecular weight is 679 g/mol. The second kappa shape index (κ2) is 21.9. The minimum atomic E-state index is -1.11. The Bertz CT molecular complexity index is 1570. The van der Waals surface area contributed by atoms with Crippen molar-refractivity contribution in [2.45, 2.75) is 58.5 Å². The summed E-state index contributed by atoms with van der Waals surface area (Å²) in [5, 5.41) is 17.2. The highest BCUT2D eigenvalue weighted by Crippen LogP contribution is 2.39. The van der Waals surface area contributed by atoms with Crippen LogP contribution in [0.5, 0.6) is 0 Å². The van der Waals surface area contributed by atoms with Crippen LogP contribution in [0.2, 0.25) is 0 Å². The number of para-hydroxylation sites is 1. The van der Waals surface area contributed by atoms with Gasteiger partial charge >= 0.3 is 5.97 Å². The summed E-state index contributed by atoms with van der Waals surface area (Å²) < 4.78 is 1.82. The number of nitrogens with zero attached hydrogens (tertiary/aromatic N) is 2. The summed E-state index contributed by atoms with van der Waals surface area (Å²) in [5.41, 5.74) is 17.8. The smallest absolute Gasteiger partial charge is 0.303 e. The molecule has 0 radical (unpaired) electrons. The second-order valence-corrected chi connectivity index (χ2v) is 10.3. The number of aliphatic carboxylic acids is 1. The fraction of sp³-hybridized carbons (Fsp3) is 0.324. The molecule has 3 rings (SSSR count). The van der Waals surface area contributed by atoms with Crippen LogP contribution in [-0.4, -0.2) is 77.6 Å². The number of hydrogen-bond donors (Lipinski definition) is 7. The van der Waals surface area contributed by atoms with Gasteiger partial charge in [-0.2, -0.15) is 0 Å². The van der Waals surface area contributed by atoms with Gasteiger partial charge in [0.15, 0.2) is 5.96 Å². The number of nitrogens with one attached hydrogen (secondary N) is 3. The van der Waals surface area contributed by atoms with E-state index < -0.39 is 35.8 Å². The number of anilines is 1. The van der Waals surface area contributed by atoms with Crippen molar-refractivity contribution in [2.75, 3.05) is 18.9 Å². The molecule has 0 bridgehead atoms. The Kier molecular flexibility index (Phi) is 18.4. The maximum atomic E-state index is 13.8. The Morgan fingerprint density at radius 1 is 0.939 bits per heavy atom. The molecule has 0 saturated heterocycles. The van der Waals surface area contributed by atoms with Gasteiger partial charge in [0, 0.05) is 36.8 Å². The number of aromatic nitrogens is 1. The normalized spacial score (nSPS) is 11.1. The molecule has 0 aliphatic heterocycles. The standard InChI is InChI=1S/C31H37N7O6.C2H4O.CH5N/c1-19-26(30(44)36-22(18-39)15-16-25(41)42)27(37-29(43)24(35-20(2)40)14-9-17-34-31(32)33)28(21-10-5-3-6-11-21)38(19)23-12-7-4-8-13-23;1-2-3;1-2/h3-8,10-13,18,22,24H,9,14-17H2,1-2H3,(H,35,40)(H,36,44)(H,37,43)(H,41,42)(H4,32,33,34);2H,1H3;2H2,1H3. The third kappa shape index (κ3) is 13.1. The van der Waals surface area contributed by atoms with E-state index in [1.165, 1.54) is 20.9 Å². The Labute approximate surface area is 285 Å². The number of rotatable bonds is 15. The number of carbonyl (C=O) groups excluding carboxylic acids is 5. The molecule has 2 atom stereocenters. The lowest BCUT2D eigenvalue weighted by Gasteiger charge is -2.19. The molecular formula is C34H46N8O7. The van der Waals surface area contributed by atoms with Crippen LogP contribution in [0, 0.1) is 6.92 Å².